The number of fused-ring (bicyclic) bond motifs is 16. The number of furan rings is 1. The lowest BCUT2D eigenvalue weighted by molar-refractivity contribution is 0.669. The van der Waals surface area contributed by atoms with Crippen LogP contribution in [0.15, 0.2) is 180 Å². The van der Waals surface area contributed by atoms with Crippen LogP contribution in [0.4, 0.5) is 0 Å². The molecule has 5 heteroatoms. The van der Waals surface area contributed by atoms with E-state index >= 15 is 0 Å². The second-order valence-corrected chi connectivity index (χ2v) is 16.1. The van der Waals surface area contributed by atoms with Gasteiger partial charge < -0.3 is 4.42 Å². The number of nitrogens with zero attached hydrogens (tertiary/aromatic N) is 3. The molecule has 3 heterocycles. The molecule has 58 heavy (non-hydrogen) atoms. The summed E-state index contributed by atoms with van der Waals surface area (Å²) < 4.78 is 8.87. The fraction of sp³-hybridized carbons (Fsp3) is 0. The van der Waals surface area contributed by atoms with E-state index in [4.69, 9.17) is 19.4 Å². The van der Waals surface area contributed by atoms with Crippen LogP contribution in [0.3, 0.4) is 0 Å². The van der Waals surface area contributed by atoms with Crippen molar-refractivity contribution in [2.45, 2.75) is 0 Å². The number of hydrogen-bond acceptors (Lipinski definition) is 5. The fourth-order valence-electron chi connectivity index (χ4n) is 9.30. The molecule has 0 saturated carbocycles. The summed E-state index contributed by atoms with van der Waals surface area (Å²) in [6.45, 7) is 0. The first-order chi connectivity index (χ1) is 28.7. The van der Waals surface area contributed by atoms with Gasteiger partial charge in [-0.05, 0) is 78.8 Å². The van der Waals surface area contributed by atoms with E-state index in [0.29, 0.717) is 17.5 Å². The highest BCUT2D eigenvalue weighted by atomic mass is 32.1. The summed E-state index contributed by atoms with van der Waals surface area (Å²) in [7, 11) is 0. The predicted octanol–water partition coefficient (Wildman–Crippen LogP) is 14.9. The zero-order valence-corrected chi connectivity index (χ0v) is 31.7. The van der Waals surface area contributed by atoms with E-state index in [1.807, 2.05) is 35.6 Å². The number of thiophene rings is 1. The molecule has 0 unspecified atom stereocenters. The summed E-state index contributed by atoms with van der Waals surface area (Å²) >= 11 is 1.86. The van der Waals surface area contributed by atoms with Gasteiger partial charge in [-0.3, -0.25) is 0 Å². The average molecular weight is 756 g/mol. The van der Waals surface area contributed by atoms with Crippen LogP contribution in [0.1, 0.15) is 0 Å². The Kier molecular flexibility index (Phi) is 6.57. The van der Waals surface area contributed by atoms with Gasteiger partial charge in [-0.25, -0.2) is 15.0 Å². The van der Waals surface area contributed by atoms with E-state index < -0.39 is 0 Å². The minimum absolute atomic E-state index is 0.615. The molecule has 268 valence electrons. The van der Waals surface area contributed by atoms with E-state index in [0.717, 1.165) is 60.2 Å². The first kappa shape index (κ1) is 31.7. The Morgan fingerprint density at radius 3 is 1.72 bits per heavy atom. The average Bonchev–Trinajstić information content (AvgIpc) is 3.86. The van der Waals surface area contributed by atoms with E-state index in [9.17, 15) is 0 Å². The highest BCUT2D eigenvalue weighted by molar-refractivity contribution is 7.27. The van der Waals surface area contributed by atoms with Crippen molar-refractivity contribution in [3.8, 4) is 34.2 Å². The van der Waals surface area contributed by atoms with Gasteiger partial charge in [0, 0.05) is 53.0 Å². The standard InChI is InChI=1S/C53H29N3OS/c1-2-13-31(14-3-1)51-54-52(33-23-26-43-42(28-33)46-34-16-6-4-12-30(34)22-27-44(46)57-43)56-53(55-51)49-35-17-7-5-15-32(35)29-45-48(49)41-25-24-40-38-20-9-8-18-36(38)37-19-10-11-21-39(37)47(40)50(41)58-45/h1-29H. The molecule has 0 bridgehead atoms. The molecule has 13 aromatic rings. The first-order valence-corrected chi connectivity index (χ1v) is 20.3. The molecule has 0 aliphatic carbocycles. The van der Waals surface area contributed by atoms with Crippen molar-refractivity contribution in [3.05, 3.63) is 176 Å². The van der Waals surface area contributed by atoms with Crippen molar-refractivity contribution in [2.75, 3.05) is 0 Å². The number of hydrogen-bond donors (Lipinski definition) is 0. The Bertz CT molecular complexity index is 3830. The predicted molar refractivity (Wildman–Crippen MR) is 244 cm³/mol. The summed E-state index contributed by atoms with van der Waals surface area (Å²) in [6.07, 6.45) is 0. The van der Waals surface area contributed by atoms with Gasteiger partial charge in [-0.15, -0.1) is 11.3 Å². The lowest BCUT2D eigenvalue weighted by atomic mass is 9.92. The molecule has 0 aliphatic heterocycles. The van der Waals surface area contributed by atoms with Crippen LogP contribution in [-0.2, 0) is 0 Å². The number of rotatable bonds is 3. The lowest BCUT2D eigenvalue weighted by Gasteiger charge is -2.13. The van der Waals surface area contributed by atoms with Crippen molar-refractivity contribution in [1.29, 1.82) is 0 Å². The molecule has 0 amide bonds. The van der Waals surface area contributed by atoms with E-state index in [1.165, 1.54) is 52.5 Å². The molecule has 0 radical (unpaired) electrons. The van der Waals surface area contributed by atoms with E-state index in [2.05, 4.69) is 152 Å². The van der Waals surface area contributed by atoms with Crippen molar-refractivity contribution in [2.24, 2.45) is 0 Å². The van der Waals surface area contributed by atoms with Crippen LogP contribution in [-0.4, -0.2) is 15.0 Å². The zero-order chi connectivity index (χ0) is 37.9. The Hall–Kier alpha value is -7.47. The van der Waals surface area contributed by atoms with Gasteiger partial charge in [0.2, 0.25) is 0 Å². The van der Waals surface area contributed by atoms with Crippen LogP contribution in [0, 0.1) is 0 Å². The molecule has 0 atom stereocenters. The molecule has 0 fully saturated rings. The third-order valence-corrected chi connectivity index (χ3v) is 13.0. The molecular weight excluding hydrogens is 727 g/mol. The SMILES string of the molecule is c1ccc(-c2nc(-c3ccc4oc5ccc6ccccc6c5c4c3)nc(-c3c4ccccc4cc4sc5c(ccc6c7ccccc7c7ccccc7c65)c34)n2)cc1. The molecule has 4 nitrogen and oxygen atoms in total. The molecule has 13 rings (SSSR count). The monoisotopic (exact) mass is 755 g/mol. The molecule has 0 aliphatic rings. The van der Waals surface area contributed by atoms with Gasteiger partial charge in [-0.2, -0.15) is 0 Å². The summed E-state index contributed by atoms with van der Waals surface area (Å²) in [6, 6.07) is 62.4. The van der Waals surface area contributed by atoms with Crippen molar-refractivity contribution in [1.82, 2.24) is 15.0 Å². The van der Waals surface area contributed by atoms with Crippen molar-refractivity contribution < 1.29 is 4.42 Å². The van der Waals surface area contributed by atoms with E-state index in [-0.39, 0.29) is 0 Å². The molecule has 0 spiro atoms. The molecule has 0 N–H and O–H groups in total. The summed E-state index contributed by atoms with van der Waals surface area (Å²) in [5, 5.41) is 16.7. The van der Waals surface area contributed by atoms with Crippen LogP contribution in [0.25, 0.3) is 130 Å². The quantitative estimate of drug-likeness (QED) is 0.169. The zero-order valence-electron chi connectivity index (χ0n) is 30.9. The lowest BCUT2D eigenvalue weighted by Crippen LogP contribution is -2.01. The Morgan fingerprint density at radius 2 is 0.931 bits per heavy atom. The van der Waals surface area contributed by atoms with Crippen LogP contribution in [0.2, 0.25) is 0 Å². The van der Waals surface area contributed by atoms with Gasteiger partial charge in [-0.1, -0.05) is 146 Å². The number of aromatic nitrogens is 3. The largest absolute Gasteiger partial charge is 0.456 e. The van der Waals surface area contributed by atoms with Gasteiger partial charge in [0.05, 0.1) is 0 Å². The maximum Gasteiger partial charge on any atom is 0.165 e. The van der Waals surface area contributed by atoms with E-state index in [1.54, 1.807) is 0 Å². The highest BCUT2D eigenvalue weighted by Crippen LogP contribution is 2.48. The topological polar surface area (TPSA) is 51.8 Å². The van der Waals surface area contributed by atoms with Crippen LogP contribution >= 0.6 is 11.3 Å². The third-order valence-electron chi connectivity index (χ3n) is 11.9. The molecule has 3 aromatic heterocycles. The Balaban J connectivity index is 1.14. The van der Waals surface area contributed by atoms with Crippen molar-refractivity contribution in [3.63, 3.8) is 0 Å². The van der Waals surface area contributed by atoms with Gasteiger partial charge in [0.15, 0.2) is 17.5 Å². The summed E-state index contributed by atoms with van der Waals surface area (Å²) in [5.41, 5.74) is 4.55. The third kappa shape index (κ3) is 4.53. The highest BCUT2D eigenvalue weighted by Gasteiger charge is 2.23. The summed E-state index contributed by atoms with van der Waals surface area (Å²) in [4.78, 5) is 16.0. The first-order valence-electron chi connectivity index (χ1n) is 19.5. The fourth-order valence-corrected chi connectivity index (χ4v) is 10.6. The van der Waals surface area contributed by atoms with Gasteiger partial charge in [0.1, 0.15) is 11.2 Å². The molecule has 0 saturated heterocycles. The van der Waals surface area contributed by atoms with Gasteiger partial charge >= 0.3 is 0 Å². The van der Waals surface area contributed by atoms with Crippen LogP contribution < -0.4 is 0 Å². The normalized spacial score (nSPS) is 12.1. The van der Waals surface area contributed by atoms with Crippen LogP contribution in [0.5, 0.6) is 0 Å². The maximum absolute atomic E-state index is 6.39. The Labute approximate surface area is 335 Å². The summed E-state index contributed by atoms with van der Waals surface area (Å²) in [5.74, 6) is 1.90. The van der Waals surface area contributed by atoms with Crippen molar-refractivity contribution >= 4 is 107 Å². The number of benzene rings is 10. The minimum Gasteiger partial charge on any atom is -0.456 e. The molecule has 10 aromatic carbocycles. The maximum atomic E-state index is 6.39. The Morgan fingerprint density at radius 1 is 0.345 bits per heavy atom. The van der Waals surface area contributed by atoms with Gasteiger partial charge in [0.25, 0.3) is 0 Å². The second-order valence-electron chi connectivity index (χ2n) is 15.0. The second kappa shape index (κ2) is 12.0. The minimum atomic E-state index is 0.615. The smallest absolute Gasteiger partial charge is 0.165 e. The molecular formula is C53H29N3OS.